The van der Waals surface area contributed by atoms with Gasteiger partial charge in [0.1, 0.15) is 0 Å². The molecule has 0 aromatic heterocycles. The van der Waals surface area contributed by atoms with E-state index in [4.69, 9.17) is 4.52 Å². The summed E-state index contributed by atoms with van der Waals surface area (Å²) in [4.78, 5) is 0. The molecule has 25 heavy (non-hydrogen) atoms. The summed E-state index contributed by atoms with van der Waals surface area (Å²) in [6.07, 6.45) is 4.68. The molecule has 0 spiro atoms. The first-order chi connectivity index (χ1) is 12.4. The molecule has 1 aliphatic rings. The first-order valence-electron chi connectivity index (χ1n) is 9.19. The van der Waals surface area contributed by atoms with Crippen LogP contribution in [0.5, 0.6) is 0 Å². The number of rotatable bonds is 3. The molecule has 2 heteroatoms. The van der Waals surface area contributed by atoms with Gasteiger partial charge in [0.05, 0.1) is 0 Å². The second kappa shape index (κ2) is 6.75. The zero-order chi connectivity index (χ0) is 17.0. The van der Waals surface area contributed by atoms with Gasteiger partial charge < -0.3 is 0 Å². The van der Waals surface area contributed by atoms with Crippen molar-refractivity contribution >= 4 is 22.7 Å². The van der Waals surface area contributed by atoms with E-state index < -0.39 is 6.83 Å². The van der Waals surface area contributed by atoms with Crippen molar-refractivity contribution in [3.8, 4) is 0 Å². The molecule has 4 rings (SSSR count). The monoisotopic (exact) mass is 348 g/mol. The summed E-state index contributed by atoms with van der Waals surface area (Å²) in [6, 6.07) is 32.9. The molecular formula is C23H25OP. The van der Waals surface area contributed by atoms with Crippen molar-refractivity contribution < 1.29 is 4.52 Å². The minimum atomic E-state index is -2.92. The maximum absolute atomic E-state index is 7.07. The van der Waals surface area contributed by atoms with Crippen molar-refractivity contribution in [1.82, 2.24) is 0 Å². The van der Waals surface area contributed by atoms with E-state index in [1.54, 1.807) is 0 Å². The predicted octanol–water partition coefficient (Wildman–Crippen LogP) is 4.63. The number of benzene rings is 3. The molecule has 0 saturated carbocycles. The Balaban J connectivity index is 2.12. The molecule has 0 aliphatic carbocycles. The molecule has 1 nitrogen and oxygen atoms in total. The maximum atomic E-state index is 7.07. The average molecular weight is 348 g/mol. The molecule has 0 unspecified atom stereocenters. The molecule has 1 aliphatic heterocycles. The van der Waals surface area contributed by atoms with E-state index in [0.29, 0.717) is 0 Å². The Labute approximate surface area is 150 Å². The van der Waals surface area contributed by atoms with Gasteiger partial charge in [-0.05, 0) is 0 Å². The number of hydrogen-bond donors (Lipinski definition) is 0. The Morgan fingerprint density at radius 3 is 1.40 bits per heavy atom. The standard InChI is InChI=1S/C23H25OP/c1-5-13-21(14-6-1)25(20-12-4-11-19-24-25,22-15-7-2-8-16-22)23-17-9-3-10-18-23/h1-3,5-10,13-18H,4,11-12,19-20H2. The van der Waals surface area contributed by atoms with Gasteiger partial charge in [-0.15, -0.1) is 0 Å². The molecule has 0 amide bonds. The van der Waals surface area contributed by atoms with Crippen molar-refractivity contribution in [2.24, 2.45) is 0 Å². The fraction of sp³-hybridized carbons (Fsp3) is 0.217. The minimum absolute atomic E-state index is 0.830. The van der Waals surface area contributed by atoms with Gasteiger partial charge in [0, 0.05) is 0 Å². The van der Waals surface area contributed by atoms with E-state index in [1.165, 1.54) is 28.8 Å². The average Bonchev–Trinajstić information content (AvgIpc) is 2.95. The molecule has 0 radical (unpaired) electrons. The molecule has 1 saturated heterocycles. The molecule has 128 valence electrons. The summed E-state index contributed by atoms with van der Waals surface area (Å²) < 4.78 is 7.07. The Kier molecular flexibility index (Phi) is 4.46. The van der Waals surface area contributed by atoms with Crippen LogP contribution in [0.15, 0.2) is 91.0 Å². The number of hydrogen-bond acceptors (Lipinski definition) is 1. The Morgan fingerprint density at radius 1 is 0.520 bits per heavy atom. The van der Waals surface area contributed by atoms with E-state index in [-0.39, 0.29) is 0 Å². The quantitative estimate of drug-likeness (QED) is 0.627. The third-order valence-corrected chi connectivity index (χ3v) is 11.6. The van der Waals surface area contributed by atoms with Crippen LogP contribution in [0.2, 0.25) is 0 Å². The summed E-state index contributed by atoms with van der Waals surface area (Å²) in [6.45, 7) is -2.09. The molecule has 3 aromatic carbocycles. The third-order valence-electron chi connectivity index (χ3n) is 5.51. The summed E-state index contributed by atoms with van der Waals surface area (Å²) in [7, 11) is 0. The van der Waals surface area contributed by atoms with Crippen molar-refractivity contribution in [1.29, 1.82) is 0 Å². The first kappa shape index (κ1) is 16.5. The normalized spacial score (nSPS) is 20.7. The molecular weight excluding hydrogens is 323 g/mol. The van der Waals surface area contributed by atoms with Crippen molar-refractivity contribution in [3.05, 3.63) is 91.0 Å². The molecule has 0 bridgehead atoms. The van der Waals surface area contributed by atoms with Gasteiger partial charge in [0.25, 0.3) is 0 Å². The molecule has 3 aromatic rings. The van der Waals surface area contributed by atoms with Gasteiger partial charge >= 0.3 is 150 Å². The van der Waals surface area contributed by atoms with Crippen LogP contribution in [-0.2, 0) is 4.52 Å². The van der Waals surface area contributed by atoms with Crippen molar-refractivity contribution in [2.45, 2.75) is 19.3 Å². The topological polar surface area (TPSA) is 9.23 Å². The van der Waals surface area contributed by atoms with Gasteiger partial charge in [-0.3, -0.25) is 0 Å². The van der Waals surface area contributed by atoms with Crippen LogP contribution in [0, 0.1) is 0 Å². The van der Waals surface area contributed by atoms with Crippen LogP contribution in [-0.4, -0.2) is 12.8 Å². The Hall–Kier alpha value is -1.95. The fourth-order valence-electron chi connectivity index (χ4n) is 4.31. The Morgan fingerprint density at radius 2 is 0.960 bits per heavy atom. The fourth-order valence-corrected chi connectivity index (χ4v) is 10.3. The molecule has 1 fully saturated rings. The second-order valence-corrected chi connectivity index (χ2v) is 11.5. The van der Waals surface area contributed by atoms with E-state index in [9.17, 15) is 0 Å². The zero-order valence-electron chi connectivity index (χ0n) is 14.6. The van der Waals surface area contributed by atoms with Crippen molar-refractivity contribution in [3.63, 3.8) is 0 Å². The summed E-state index contributed by atoms with van der Waals surface area (Å²) in [5, 5.41) is 4.06. The van der Waals surface area contributed by atoms with E-state index >= 15 is 0 Å². The predicted molar refractivity (Wildman–Crippen MR) is 110 cm³/mol. The second-order valence-electron chi connectivity index (χ2n) is 6.84. The van der Waals surface area contributed by atoms with Crippen LogP contribution in [0.25, 0.3) is 0 Å². The van der Waals surface area contributed by atoms with Crippen LogP contribution < -0.4 is 15.9 Å². The van der Waals surface area contributed by atoms with E-state index in [1.807, 2.05) is 0 Å². The Bertz CT molecular complexity index is 703. The summed E-state index contributed by atoms with van der Waals surface area (Å²) in [5.74, 6) is 0. The van der Waals surface area contributed by atoms with Crippen LogP contribution in [0.3, 0.4) is 0 Å². The van der Waals surface area contributed by atoms with Crippen LogP contribution in [0.1, 0.15) is 19.3 Å². The first-order valence-corrected chi connectivity index (χ1v) is 11.5. The van der Waals surface area contributed by atoms with Crippen LogP contribution >= 0.6 is 6.83 Å². The third kappa shape index (κ3) is 2.54. The zero-order valence-corrected chi connectivity index (χ0v) is 15.4. The SMILES string of the molecule is c1ccc(P2(c3ccccc3)(c3ccccc3)CCCCCO2)cc1. The molecule has 0 atom stereocenters. The van der Waals surface area contributed by atoms with E-state index in [2.05, 4.69) is 91.0 Å². The van der Waals surface area contributed by atoms with E-state index in [0.717, 1.165) is 19.2 Å². The van der Waals surface area contributed by atoms with Crippen molar-refractivity contribution in [2.75, 3.05) is 12.8 Å². The molecule has 1 heterocycles. The van der Waals surface area contributed by atoms with Gasteiger partial charge in [-0.25, -0.2) is 0 Å². The van der Waals surface area contributed by atoms with Gasteiger partial charge in [-0.2, -0.15) is 0 Å². The van der Waals surface area contributed by atoms with Crippen LogP contribution in [0.4, 0.5) is 0 Å². The van der Waals surface area contributed by atoms with Gasteiger partial charge in [0.2, 0.25) is 0 Å². The summed E-state index contributed by atoms with van der Waals surface area (Å²) in [5.41, 5.74) is 0. The summed E-state index contributed by atoms with van der Waals surface area (Å²) >= 11 is 0. The molecule has 0 N–H and O–H groups in total. The van der Waals surface area contributed by atoms with Gasteiger partial charge in [-0.1, -0.05) is 0 Å². The van der Waals surface area contributed by atoms with Gasteiger partial charge in [0.15, 0.2) is 0 Å².